The molecule has 120 valence electrons. The molecule has 0 unspecified atom stereocenters. The summed E-state index contributed by atoms with van der Waals surface area (Å²) in [6, 6.07) is 26.1. The van der Waals surface area contributed by atoms with E-state index < -0.39 is 0 Å². The number of aliphatic imine (C=N–C) groups is 1. The molecule has 1 aromatic heterocycles. The van der Waals surface area contributed by atoms with Gasteiger partial charge >= 0.3 is 0 Å². The molecule has 0 fully saturated rings. The molecular formula is C20H20N4. The highest BCUT2D eigenvalue weighted by Crippen LogP contribution is 2.12. The van der Waals surface area contributed by atoms with Crippen LogP contribution in [0, 0.1) is 0 Å². The predicted molar refractivity (Wildman–Crippen MR) is 99.7 cm³/mol. The van der Waals surface area contributed by atoms with E-state index >= 15 is 0 Å². The highest BCUT2D eigenvalue weighted by molar-refractivity contribution is 5.94. The molecule has 0 saturated heterocycles. The third-order valence-electron chi connectivity index (χ3n) is 3.52. The fourth-order valence-electron chi connectivity index (χ4n) is 2.35. The van der Waals surface area contributed by atoms with Gasteiger partial charge in [0.05, 0.1) is 5.69 Å². The Morgan fingerprint density at radius 3 is 2.29 bits per heavy atom. The molecule has 0 aliphatic carbocycles. The smallest absolute Gasteiger partial charge is 0.201 e. The molecule has 24 heavy (non-hydrogen) atoms. The maximum Gasteiger partial charge on any atom is 0.201 e. The van der Waals surface area contributed by atoms with Crippen molar-refractivity contribution in [1.29, 1.82) is 0 Å². The molecule has 4 heteroatoms. The summed E-state index contributed by atoms with van der Waals surface area (Å²) >= 11 is 0. The summed E-state index contributed by atoms with van der Waals surface area (Å²) in [4.78, 5) is 9.21. The zero-order valence-electron chi connectivity index (χ0n) is 13.6. The Kier molecular flexibility index (Phi) is 5.20. The van der Waals surface area contributed by atoms with E-state index in [0.717, 1.165) is 23.6 Å². The SMILES string of the molecule is CNC(=Nc1ccccc1)Nc1cccc(Cc2ccccc2)n1. The van der Waals surface area contributed by atoms with Crippen molar-refractivity contribution < 1.29 is 0 Å². The van der Waals surface area contributed by atoms with Crippen LogP contribution in [0.15, 0.2) is 83.9 Å². The van der Waals surface area contributed by atoms with E-state index in [9.17, 15) is 0 Å². The number of anilines is 1. The zero-order valence-corrected chi connectivity index (χ0v) is 13.6. The summed E-state index contributed by atoms with van der Waals surface area (Å²) in [5, 5.41) is 6.30. The van der Waals surface area contributed by atoms with Crippen LogP contribution in [0.4, 0.5) is 11.5 Å². The maximum atomic E-state index is 4.67. The summed E-state index contributed by atoms with van der Waals surface area (Å²) in [6.45, 7) is 0. The van der Waals surface area contributed by atoms with E-state index in [0.29, 0.717) is 5.96 Å². The minimum Gasteiger partial charge on any atom is -0.359 e. The lowest BCUT2D eigenvalue weighted by atomic mass is 10.1. The minimum absolute atomic E-state index is 0.658. The molecule has 4 nitrogen and oxygen atoms in total. The van der Waals surface area contributed by atoms with Crippen molar-refractivity contribution >= 4 is 17.5 Å². The third kappa shape index (κ3) is 4.43. The average molecular weight is 316 g/mol. The number of guanidine groups is 1. The molecule has 0 spiro atoms. The lowest BCUT2D eigenvalue weighted by Gasteiger charge is -2.10. The van der Waals surface area contributed by atoms with Gasteiger partial charge in [-0.1, -0.05) is 54.6 Å². The number of nitrogens with zero attached hydrogens (tertiary/aromatic N) is 2. The van der Waals surface area contributed by atoms with Gasteiger partial charge in [0.2, 0.25) is 5.96 Å². The van der Waals surface area contributed by atoms with Crippen molar-refractivity contribution in [3.05, 3.63) is 90.1 Å². The largest absolute Gasteiger partial charge is 0.359 e. The number of hydrogen-bond donors (Lipinski definition) is 2. The van der Waals surface area contributed by atoms with Crippen LogP contribution in [0.2, 0.25) is 0 Å². The van der Waals surface area contributed by atoms with Gasteiger partial charge in [-0.2, -0.15) is 0 Å². The van der Waals surface area contributed by atoms with Gasteiger partial charge in [-0.05, 0) is 29.8 Å². The van der Waals surface area contributed by atoms with Gasteiger partial charge in [0.15, 0.2) is 0 Å². The molecule has 0 amide bonds. The number of rotatable bonds is 4. The molecule has 2 aromatic carbocycles. The lowest BCUT2D eigenvalue weighted by molar-refractivity contribution is 1.07. The third-order valence-corrected chi connectivity index (χ3v) is 3.52. The summed E-state index contributed by atoms with van der Waals surface area (Å²) in [5.74, 6) is 1.43. The number of aromatic nitrogens is 1. The highest BCUT2D eigenvalue weighted by atomic mass is 15.2. The van der Waals surface area contributed by atoms with Gasteiger partial charge < -0.3 is 10.6 Å². The maximum absolute atomic E-state index is 4.67. The molecule has 3 aromatic rings. The van der Waals surface area contributed by atoms with E-state index in [2.05, 4.69) is 32.7 Å². The molecule has 0 aliphatic rings. The average Bonchev–Trinajstić information content (AvgIpc) is 2.63. The van der Waals surface area contributed by atoms with E-state index in [1.165, 1.54) is 5.56 Å². The monoisotopic (exact) mass is 316 g/mol. The van der Waals surface area contributed by atoms with E-state index in [-0.39, 0.29) is 0 Å². The van der Waals surface area contributed by atoms with E-state index in [1.54, 1.807) is 0 Å². The van der Waals surface area contributed by atoms with Gasteiger partial charge in [0.25, 0.3) is 0 Å². The molecule has 3 rings (SSSR count). The second-order valence-corrected chi connectivity index (χ2v) is 5.35. The Morgan fingerprint density at radius 1 is 0.875 bits per heavy atom. The Hall–Kier alpha value is -3.14. The van der Waals surface area contributed by atoms with Crippen LogP contribution in [0.5, 0.6) is 0 Å². The molecule has 0 atom stereocenters. The first-order chi connectivity index (χ1) is 11.8. The second-order valence-electron chi connectivity index (χ2n) is 5.35. The fourth-order valence-corrected chi connectivity index (χ4v) is 2.35. The number of para-hydroxylation sites is 1. The molecular weight excluding hydrogens is 296 g/mol. The molecule has 0 bridgehead atoms. The fraction of sp³-hybridized carbons (Fsp3) is 0.100. The molecule has 0 aliphatic heterocycles. The summed E-state index contributed by atoms with van der Waals surface area (Å²) in [6.07, 6.45) is 0.807. The lowest BCUT2D eigenvalue weighted by Crippen LogP contribution is -2.27. The van der Waals surface area contributed by atoms with Crippen molar-refractivity contribution in [2.75, 3.05) is 12.4 Å². The molecule has 0 saturated carbocycles. The Labute approximate surface area is 142 Å². The van der Waals surface area contributed by atoms with E-state index in [4.69, 9.17) is 0 Å². The van der Waals surface area contributed by atoms with Crippen LogP contribution in [-0.2, 0) is 6.42 Å². The predicted octanol–water partition coefficient (Wildman–Crippen LogP) is 3.99. The summed E-state index contributed by atoms with van der Waals surface area (Å²) in [5.41, 5.74) is 3.14. The standard InChI is InChI=1S/C20H20N4/c1-21-20(23-17-11-6-3-7-12-17)24-19-14-8-13-18(22-19)15-16-9-4-2-5-10-16/h2-14H,15H2,1H3,(H2,21,22,23,24). The summed E-state index contributed by atoms with van der Waals surface area (Å²) in [7, 11) is 1.84. The van der Waals surface area contributed by atoms with Gasteiger partial charge in [0, 0.05) is 19.2 Å². The van der Waals surface area contributed by atoms with Crippen LogP contribution < -0.4 is 10.6 Å². The van der Waals surface area contributed by atoms with Crippen molar-refractivity contribution in [3.8, 4) is 0 Å². The highest BCUT2D eigenvalue weighted by Gasteiger charge is 2.02. The van der Waals surface area contributed by atoms with Crippen LogP contribution in [0.3, 0.4) is 0 Å². The van der Waals surface area contributed by atoms with Crippen molar-refractivity contribution in [3.63, 3.8) is 0 Å². The molecule has 0 radical (unpaired) electrons. The van der Waals surface area contributed by atoms with E-state index in [1.807, 2.05) is 73.8 Å². The van der Waals surface area contributed by atoms with Crippen molar-refractivity contribution in [2.24, 2.45) is 4.99 Å². The molecule has 1 heterocycles. The number of hydrogen-bond acceptors (Lipinski definition) is 2. The second kappa shape index (κ2) is 7.92. The first-order valence-electron chi connectivity index (χ1n) is 7.92. The van der Waals surface area contributed by atoms with Crippen molar-refractivity contribution in [1.82, 2.24) is 10.3 Å². The quantitative estimate of drug-likeness (QED) is 0.565. The van der Waals surface area contributed by atoms with Crippen molar-refractivity contribution in [2.45, 2.75) is 6.42 Å². The Bertz CT molecular complexity index is 798. The van der Waals surface area contributed by atoms with Gasteiger partial charge in [-0.15, -0.1) is 0 Å². The van der Waals surface area contributed by atoms with Gasteiger partial charge in [-0.3, -0.25) is 0 Å². The number of pyridine rings is 1. The van der Waals surface area contributed by atoms with Gasteiger partial charge in [-0.25, -0.2) is 9.98 Å². The Balaban J connectivity index is 1.75. The van der Waals surface area contributed by atoms with Gasteiger partial charge in [0.1, 0.15) is 5.82 Å². The first-order valence-corrected chi connectivity index (χ1v) is 7.92. The zero-order chi connectivity index (χ0) is 16.6. The van der Waals surface area contributed by atoms with Crippen LogP contribution in [-0.4, -0.2) is 18.0 Å². The number of nitrogens with one attached hydrogen (secondary N) is 2. The number of benzene rings is 2. The van der Waals surface area contributed by atoms with Crippen LogP contribution >= 0.6 is 0 Å². The van der Waals surface area contributed by atoms with Crippen LogP contribution in [0.1, 0.15) is 11.3 Å². The summed E-state index contributed by atoms with van der Waals surface area (Å²) < 4.78 is 0. The Morgan fingerprint density at radius 2 is 1.58 bits per heavy atom. The minimum atomic E-state index is 0.658. The normalized spacial score (nSPS) is 11.1. The van der Waals surface area contributed by atoms with Crippen LogP contribution in [0.25, 0.3) is 0 Å². The first kappa shape index (κ1) is 15.7. The topological polar surface area (TPSA) is 49.3 Å². The molecule has 2 N–H and O–H groups in total.